The zero-order valence-electron chi connectivity index (χ0n) is 24.1. The molecule has 0 spiro atoms. The van der Waals surface area contributed by atoms with Crippen molar-refractivity contribution in [2.45, 2.75) is 71.6 Å². The van der Waals surface area contributed by atoms with Crippen LogP contribution in [0.15, 0.2) is 24.3 Å². The fourth-order valence-electron chi connectivity index (χ4n) is 3.37. The van der Waals surface area contributed by atoms with E-state index in [0.717, 1.165) is 12.7 Å². The number of rotatable bonds is 10. The van der Waals surface area contributed by atoms with Gasteiger partial charge in [-0.1, -0.05) is 0 Å². The summed E-state index contributed by atoms with van der Waals surface area (Å²) in [6, 6.07) is 6.41. The Bertz CT molecular complexity index is 1250. The predicted octanol–water partition coefficient (Wildman–Crippen LogP) is 7.07. The van der Waals surface area contributed by atoms with E-state index < -0.39 is 29.4 Å². The second-order valence-corrected chi connectivity index (χ2v) is 15.9. The summed E-state index contributed by atoms with van der Waals surface area (Å²) in [4.78, 5) is 37.6. The topological polar surface area (TPSA) is 135 Å². The third kappa shape index (κ3) is 13.3. The van der Waals surface area contributed by atoms with Gasteiger partial charge >= 0.3 is 12.2 Å². The van der Waals surface area contributed by atoms with Crippen LogP contribution in [0.2, 0.25) is 0 Å². The number of ether oxygens (including phenoxy) is 3. The quantitative estimate of drug-likeness (QED) is 0.148. The van der Waals surface area contributed by atoms with Crippen LogP contribution in [-0.4, -0.2) is 53.5 Å². The van der Waals surface area contributed by atoms with Gasteiger partial charge in [0.2, 0.25) is 5.91 Å². The summed E-state index contributed by atoms with van der Waals surface area (Å²) in [6.07, 6.45) is -0.538. The van der Waals surface area contributed by atoms with Gasteiger partial charge in [0.25, 0.3) is 0 Å². The van der Waals surface area contributed by atoms with Gasteiger partial charge in [-0.2, -0.15) is 0 Å². The normalized spacial score (nSPS) is 12.2. The predicted molar refractivity (Wildman–Crippen MR) is 194 cm³/mol. The van der Waals surface area contributed by atoms with Crippen LogP contribution in [0.5, 0.6) is 17.2 Å². The number of aromatic hydroxyl groups is 1. The molecular weight excluding hydrogens is 998 g/mol. The molecule has 0 saturated heterocycles. The van der Waals surface area contributed by atoms with Crippen molar-refractivity contribution in [1.82, 2.24) is 16.0 Å². The third-order valence-corrected chi connectivity index (χ3v) is 8.28. The molecule has 0 unspecified atom stereocenters. The molecule has 2 aromatic carbocycles. The maximum absolute atomic E-state index is 13.2. The van der Waals surface area contributed by atoms with Crippen molar-refractivity contribution in [1.29, 1.82) is 0 Å². The molecule has 14 heteroatoms. The molecule has 0 heterocycles. The van der Waals surface area contributed by atoms with E-state index in [0.29, 0.717) is 31.6 Å². The van der Waals surface area contributed by atoms with Crippen molar-refractivity contribution in [3.63, 3.8) is 0 Å². The van der Waals surface area contributed by atoms with Crippen LogP contribution in [0, 0.1) is 14.3 Å². The van der Waals surface area contributed by atoms with E-state index >= 15 is 0 Å². The fraction of sp³-hybridized carbons (Fsp3) is 0.464. The van der Waals surface area contributed by atoms with Crippen molar-refractivity contribution < 1.29 is 33.7 Å². The minimum absolute atomic E-state index is 0.211. The summed E-state index contributed by atoms with van der Waals surface area (Å²) < 4.78 is 19.8. The number of carbonyl (C=O) groups excluding carboxylic acids is 3. The van der Waals surface area contributed by atoms with Crippen LogP contribution in [0.4, 0.5) is 9.59 Å². The van der Waals surface area contributed by atoms with E-state index in [-0.39, 0.29) is 24.6 Å². The van der Waals surface area contributed by atoms with Crippen LogP contribution >= 0.6 is 90.4 Å². The van der Waals surface area contributed by atoms with Gasteiger partial charge in [0.1, 0.15) is 28.7 Å². The Morgan fingerprint density at radius 3 is 1.81 bits per heavy atom. The standard InChI is InChI=1S/C28H35I4N3O7/c1-27(2,3)41-25(38)34-9-7-8-33-24(37)21(35-26(39)42-28(4,5)6)12-15-10-19(31)23(20(32)11-15)40-16-13-17(29)22(36)18(30)14-16/h10-11,13-14,21,36H,7-9,12H2,1-6H3,(H,33,37)(H,34,38)(H,35,39)/t21-/m0/s1. The highest BCUT2D eigenvalue weighted by Gasteiger charge is 2.25. The minimum Gasteiger partial charge on any atom is -0.506 e. The number of nitrogens with one attached hydrogen (secondary N) is 3. The van der Waals surface area contributed by atoms with Crippen molar-refractivity contribution in [3.8, 4) is 17.2 Å². The highest BCUT2D eigenvalue weighted by Crippen LogP contribution is 2.37. The molecule has 0 aliphatic carbocycles. The lowest BCUT2D eigenvalue weighted by atomic mass is 10.0. The Balaban J connectivity index is 2.13. The average molecular weight is 1030 g/mol. The molecule has 1 atom stereocenters. The molecule has 4 N–H and O–H groups in total. The van der Waals surface area contributed by atoms with Crippen molar-refractivity contribution in [2.75, 3.05) is 13.1 Å². The zero-order valence-corrected chi connectivity index (χ0v) is 32.8. The molecule has 0 saturated carbocycles. The van der Waals surface area contributed by atoms with E-state index in [1.807, 2.05) is 12.1 Å². The Morgan fingerprint density at radius 2 is 1.29 bits per heavy atom. The molecule has 0 aliphatic rings. The molecule has 0 aromatic heterocycles. The molecule has 0 radical (unpaired) electrons. The number of benzene rings is 2. The smallest absolute Gasteiger partial charge is 0.408 e. The van der Waals surface area contributed by atoms with Crippen molar-refractivity contribution in [3.05, 3.63) is 44.1 Å². The lowest BCUT2D eigenvalue weighted by molar-refractivity contribution is -0.123. The van der Waals surface area contributed by atoms with Gasteiger partial charge in [0.15, 0.2) is 5.75 Å². The molecule has 232 valence electrons. The first-order chi connectivity index (χ1) is 19.3. The van der Waals surface area contributed by atoms with Crippen LogP contribution in [0.3, 0.4) is 0 Å². The first kappa shape index (κ1) is 37.2. The summed E-state index contributed by atoms with van der Waals surface area (Å²) in [5.74, 6) is 1.08. The number of hydrogen-bond acceptors (Lipinski definition) is 7. The Hall–Kier alpha value is -1.03. The second-order valence-electron chi connectivity index (χ2n) is 11.2. The summed E-state index contributed by atoms with van der Waals surface area (Å²) in [7, 11) is 0. The van der Waals surface area contributed by atoms with Crippen LogP contribution < -0.4 is 20.7 Å². The zero-order chi connectivity index (χ0) is 31.8. The van der Waals surface area contributed by atoms with E-state index in [1.54, 1.807) is 53.7 Å². The lowest BCUT2D eigenvalue weighted by Crippen LogP contribution is -2.49. The Labute approximate surface area is 301 Å². The number of phenols is 1. The maximum atomic E-state index is 13.2. The molecule has 0 fully saturated rings. The number of phenolic OH excluding ortho intramolecular Hbond substituents is 1. The van der Waals surface area contributed by atoms with E-state index in [9.17, 15) is 19.5 Å². The summed E-state index contributed by atoms with van der Waals surface area (Å²) in [6.45, 7) is 11.2. The number of amides is 3. The Morgan fingerprint density at radius 1 is 0.786 bits per heavy atom. The molecular formula is C28H35I4N3O7. The maximum Gasteiger partial charge on any atom is 0.408 e. The van der Waals surface area contributed by atoms with Crippen LogP contribution in [-0.2, 0) is 20.7 Å². The van der Waals surface area contributed by atoms with Crippen molar-refractivity contribution >= 4 is 108 Å². The first-order valence-electron chi connectivity index (χ1n) is 12.9. The summed E-state index contributed by atoms with van der Waals surface area (Å²) in [5, 5.41) is 18.2. The van der Waals surface area contributed by atoms with Gasteiger partial charge in [0.05, 0.1) is 14.3 Å². The summed E-state index contributed by atoms with van der Waals surface area (Å²) in [5.41, 5.74) is -0.512. The first-order valence-corrected chi connectivity index (χ1v) is 17.2. The van der Waals surface area contributed by atoms with Crippen LogP contribution in [0.25, 0.3) is 0 Å². The highest BCUT2D eigenvalue weighted by molar-refractivity contribution is 14.1. The van der Waals surface area contributed by atoms with E-state index in [1.165, 1.54) is 0 Å². The molecule has 0 aliphatic heterocycles. The molecule has 2 aromatic rings. The van der Waals surface area contributed by atoms with E-state index in [4.69, 9.17) is 14.2 Å². The largest absolute Gasteiger partial charge is 0.506 e. The number of halogens is 4. The average Bonchev–Trinajstić information content (AvgIpc) is 2.81. The third-order valence-electron chi connectivity index (χ3n) is 5.04. The molecule has 10 nitrogen and oxygen atoms in total. The molecule has 0 bridgehead atoms. The molecule has 3 amide bonds. The SMILES string of the molecule is CC(C)(C)OC(=O)NCCCNC(=O)[C@H](Cc1cc(I)c(Oc2cc(I)c(O)c(I)c2)c(I)c1)NC(=O)OC(C)(C)C. The molecule has 42 heavy (non-hydrogen) atoms. The van der Waals surface area contributed by atoms with Gasteiger partial charge in [-0.15, -0.1) is 0 Å². The van der Waals surface area contributed by atoms with Gasteiger partial charge in [-0.25, -0.2) is 9.59 Å². The number of hydrogen-bond donors (Lipinski definition) is 4. The number of carbonyl (C=O) groups is 3. The minimum atomic E-state index is -0.905. The number of alkyl carbamates (subject to hydrolysis) is 2. The highest BCUT2D eigenvalue weighted by atomic mass is 127. The van der Waals surface area contributed by atoms with Gasteiger partial charge in [0, 0.05) is 19.5 Å². The van der Waals surface area contributed by atoms with E-state index in [2.05, 4.69) is 106 Å². The second kappa shape index (κ2) is 16.3. The van der Waals surface area contributed by atoms with Gasteiger partial charge in [-0.05, 0) is 168 Å². The summed E-state index contributed by atoms with van der Waals surface area (Å²) >= 11 is 8.46. The van der Waals surface area contributed by atoms with Crippen molar-refractivity contribution in [2.24, 2.45) is 0 Å². The monoisotopic (exact) mass is 1030 g/mol. The van der Waals surface area contributed by atoms with Gasteiger partial charge in [-0.3, -0.25) is 4.79 Å². The fourth-order valence-corrected chi connectivity index (χ4v) is 7.20. The lowest BCUT2D eigenvalue weighted by Gasteiger charge is -2.24. The molecule has 2 rings (SSSR count). The van der Waals surface area contributed by atoms with Crippen LogP contribution in [0.1, 0.15) is 53.5 Å². The van der Waals surface area contributed by atoms with Gasteiger partial charge < -0.3 is 35.3 Å². The Kier molecular flexibility index (Phi) is 14.4.